The second kappa shape index (κ2) is 3.80. The standard InChI is InChI=1S/C9H11NO3/c1-2-8(10-13)7-5-6(11)3-4-9(7)12/h3-5,11-13H,2H2,1H3/b10-8-. The average molecular weight is 181 g/mol. The molecule has 1 rings (SSSR count). The third-order valence-corrected chi connectivity index (χ3v) is 1.75. The van der Waals surface area contributed by atoms with Crippen LogP contribution in [0.5, 0.6) is 11.5 Å². The van der Waals surface area contributed by atoms with Crippen LogP contribution >= 0.6 is 0 Å². The van der Waals surface area contributed by atoms with Crippen LogP contribution in [-0.4, -0.2) is 21.1 Å². The van der Waals surface area contributed by atoms with Crippen LogP contribution in [0.25, 0.3) is 0 Å². The number of phenols is 2. The van der Waals surface area contributed by atoms with Gasteiger partial charge in [0.1, 0.15) is 11.5 Å². The van der Waals surface area contributed by atoms with Crippen molar-refractivity contribution in [2.45, 2.75) is 13.3 Å². The zero-order chi connectivity index (χ0) is 9.84. The Morgan fingerprint density at radius 1 is 1.38 bits per heavy atom. The number of rotatable bonds is 2. The molecule has 0 aliphatic carbocycles. The fraction of sp³-hybridized carbons (Fsp3) is 0.222. The highest BCUT2D eigenvalue weighted by Crippen LogP contribution is 2.23. The van der Waals surface area contributed by atoms with E-state index in [0.717, 1.165) is 0 Å². The number of benzene rings is 1. The fourth-order valence-corrected chi connectivity index (χ4v) is 1.07. The Morgan fingerprint density at radius 3 is 2.62 bits per heavy atom. The van der Waals surface area contributed by atoms with E-state index < -0.39 is 0 Å². The summed E-state index contributed by atoms with van der Waals surface area (Å²) in [6.07, 6.45) is 0.480. The third-order valence-electron chi connectivity index (χ3n) is 1.75. The molecule has 0 aliphatic heterocycles. The quantitative estimate of drug-likeness (QED) is 0.281. The van der Waals surface area contributed by atoms with Gasteiger partial charge in [0.25, 0.3) is 0 Å². The Kier molecular flexibility index (Phi) is 2.74. The van der Waals surface area contributed by atoms with Crippen LogP contribution in [0.15, 0.2) is 23.4 Å². The molecule has 0 atom stereocenters. The molecule has 0 spiro atoms. The molecule has 1 aromatic rings. The van der Waals surface area contributed by atoms with Gasteiger partial charge < -0.3 is 15.4 Å². The van der Waals surface area contributed by atoms with E-state index in [0.29, 0.717) is 17.7 Å². The number of phenolic OH excluding ortho intramolecular Hbond substituents is 2. The molecular formula is C9H11NO3. The molecule has 1 aromatic carbocycles. The monoisotopic (exact) mass is 181 g/mol. The highest BCUT2D eigenvalue weighted by Gasteiger charge is 2.08. The van der Waals surface area contributed by atoms with Gasteiger partial charge >= 0.3 is 0 Å². The molecule has 0 unspecified atom stereocenters. The molecule has 0 saturated heterocycles. The fourth-order valence-electron chi connectivity index (χ4n) is 1.07. The molecule has 13 heavy (non-hydrogen) atoms. The maximum Gasteiger partial charge on any atom is 0.125 e. The van der Waals surface area contributed by atoms with Crippen molar-refractivity contribution < 1.29 is 15.4 Å². The van der Waals surface area contributed by atoms with E-state index in [9.17, 15) is 5.11 Å². The first-order chi connectivity index (χ1) is 6.19. The topological polar surface area (TPSA) is 73.1 Å². The number of hydrogen-bond acceptors (Lipinski definition) is 4. The first-order valence-corrected chi connectivity index (χ1v) is 3.92. The van der Waals surface area contributed by atoms with Crippen molar-refractivity contribution in [3.63, 3.8) is 0 Å². The number of oxime groups is 1. The van der Waals surface area contributed by atoms with Crippen LogP contribution in [-0.2, 0) is 0 Å². The molecule has 0 radical (unpaired) electrons. The van der Waals surface area contributed by atoms with Gasteiger partial charge in [0, 0.05) is 5.56 Å². The molecule has 3 N–H and O–H groups in total. The number of aromatic hydroxyl groups is 2. The Balaban J connectivity index is 3.19. The Morgan fingerprint density at radius 2 is 2.08 bits per heavy atom. The van der Waals surface area contributed by atoms with Crippen LogP contribution in [0.2, 0.25) is 0 Å². The zero-order valence-electron chi connectivity index (χ0n) is 7.23. The Labute approximate surface area is 75.8 Å². The molecule has 0 aliphatic rings. The van der Waals surface area contributed by atoms with Gasteiger partial charge in [-0.25, -0.2) is 0 Å². The van der Waals surface area contributed by atoms with Gasteiger partial charge in [-0.05, 0) is 24.6 Å². The molecule has 4 heteroatoms. The Hall–Kier alpha value is -1.71. The summed E-state index contributed by atoms with van der Waals surface area (Å²) in [6.45, 7) is 1.79. The molecule has 70 valence electrons. The van der Waals surface area contributed by atoms with Crippen LogP contribution < -0.4 is 0 Å². The summed E-state index contributed by atoms with van der Waals surface area (Å²) >= 11 is 0. The minimum atomic E-state index is -0.00699. The summed E-state index contributed by atoms with van der Waals surface area (Å²) in [5, 5.41) is 30.1. The highest BCUT2D eigenvalue weighted by atomic mass is 16.4. The van der Waals surface area contributed by atoms with Gasteiger partial charge in [-0.15, -0.1) is 0 Å². The molecule has 4 nitrogen and oxygen atoms in total. The van der Waals surface area contributed by atoms with Crippen LogP contribution in [0.4, 0.5) is 0 Å². The van der Waals surface area contributed by atoms with Crippen molar-refractivity contribution in [2.75, 3.05) is 0 Å². The van der Waals surface area contributed by atoms with Gasteiger partial charge in [0.2, 0.25) is 0 Å². The highest BCUT2D eigenvalue weighted by molar-refractivity contribution is 6.02. The van der Waals surface area contributed by atoms with Gasteiger partial charge in [-0.2, -0.15) is 0 Å². The van der Waals surface area contributed by atoms with E-state index in [2.05, 4.69) is 5.16 Å². The van der Waals surface area contributed by atoms with Crippen molar-refractivity contribution in [1.29, 1.82) is 0 Å². The largest absolute Gasteiger partial charge is 0.508 e. The van der Waals surface area contributed by atoms with Crippen LogP contribution in [0, 0.1) is 0 Å². The summed E-state index contributed by atoms with van der Waals surface area (Å²) in [6, 6.07) is 4.07. The maximum absolute atomic E-state index is 9.36. The van der Waals surface area contributed by atoms with Crippen molar-refractivity contribution >= 4 is 5.71 Å². The van der Waals surface area contributed by atoms with E-state index in [1.54, 1.807) is 6.92 Å². The van der Waals surface area contributed by atoms with E-state index in [4.69, 9.17) is 10.3 Å². The summed E-state index contributed by atoms with van der Waals surface area (Å²) in [4.78, 5) is 0. The first-order valence-electron chi connectivity index (χ1n) is 3.92. The van der Waals surface area contributed by atoms with Crippen molar-refractivity contribution in [2.24, 2.45) is 5.16 Å². The maximum atomic E-state index is 9.36. The smallest absolute Gasteiger partial charge is 0.125 e. The summed E-state index contributed by atoms with van der Waals surface area (Å²) < 4.78 is 0. The minimum Gasteiger partial charge on any atom is -0.508 e. The molecule has 0 amide bonds. The lowest BCUT2D eigenvalue weighted by Gasteiger charge is -2.04. The molecule has 0 bridgehead atoms. The van der Waals surface area contributed by atoms with Crippen molar-refractivity contribution in [1.82, 2.24) is 0 Å². The molecular weight excluding hydrogens is 170 g/mol. The summed E-state index contributed by atoms with van der Waals surface area (Å²) in [5.74, 6) is 0.0230. The normalized spacial score (nSPS) is 11.6. The van der Waals surface area contributed by atoms with E-state index >= 15 is 0 Å². The lowest BCUT2D eigenvalue weighted by atomic mass is 10.1. The van der Waals surface area contributed by atoms with E-state index in [1.165, 1.54) is 18.2 Å². The van der Waals surface area contributed by atoms with Gasteiger partial charge in [0.05, 0.1) is 5.71 Å². The van der Waals surface area contributed by atoms with Gasteiger partial charge in [-0.3, -0.25) is 0 Å². The first kappa shape index (κ1) is 9.38. The predicted octanol–water partition coefficient (Wildman–Crippen LogP) is 1.69. The van der Waals surface area contributed by atoms with Crippen LogP contribution in [0.1, 0.15) is 18.9 Å². The summed E-state index contributed by atoms with van der Waals surface area (Å²) in [7, 11) is 0. The number of nitrogens with zero attached hydrogens (tertiary/aromatic N) is 1. The molecule has 0 fully saturated rings. The second-order valence-corrected chi connectivity index (χ2v) is 2.60. The van der Waals surface area contributed by atoms with Crippen LogP contribution in [0.3, 0.4) is 0 Å². The lowest BCUT2D eigenvalue weighted by molar-refractivity contribution is 0.318. The van der Waals surface area contributed by atoms with Gasteiger partial charge in [-0.1, -0.05) is 12.1 Å². The van der Waals surface area contributed by atoms with Gasteiger partial charge in [0.15, 0.2) is 0 Å². The molecule has 0 saturated carbocycles. The predicted molar refractivity (Wildman–Crippen MR) is 48.4 cm³/mol. The minimum absolute atomic E-state index is 0.00699. The van der Waals surface area contributed by atoms with Crippen molar-refractivity contribution in [3.05, 3.63) is 23.8 Å². The molecule has 0 heterocycles. The molecule has 0 aromatic heterocycles. The summed E-state index contributed by atoms with van der Waals surface area (Å²) in [5.41, 5.74) is 0.693. The van der Waals surface area contributed by atoms with E-state index in [1.807, 2.05) is 0 Å². The van der Waals surface area contributed by atoms with E-state index in [-0.39, 0.29) is 11.5 Å². The second-order valence-electron chi connectivity index (χ2n) is 2.60. The lowest BCUT2D eigenvalue weighted by Crippen LogP contribution is -1.98. The average Bonchev–Trinajstić information content (AvgIpc) is 2.13. The third kappa shape index (κ3) is 1.90. The van der Waals surface area contributed by atoms with Crippen molar-refractivity contribution in [3.8, 4) is 11.5 Å². The Bertz CT molecular complexity index is 334. The number of hydrogen-bond donors (Lipinski definition) is 3. The zero-order valence-corrected chi connectivity index (χ0v) is 7.23. The SMILES string of the molecule is CC/C(=N/O)c1cc(O)ccc1O.